The van der Waals surface area contributed by atoms with Crippen LogP contribution in [0.3, 0.4) is 0 Å². The summed E-state index contributed by atoms with van der Waals surface area (Å²) in [6, 6.07) is 3.47. The Kier molecular flexibility index (Phi) is 3.88. The van der Waals surface area contributed by atoms with E-state index in [1.165, 1.54) is 0 Å². The van der Waals surface area contributed by atoms with E-state index < -0.39 is 0 Å². The maximum atomic E-state index is 10.9. The summed E-state index contributed by atoms with van der Waals surface area (Å²) in [7, 11) is 0. The van der Waals surface area contributed by atoms with Crippen molar-refractivity contribution in [2.45, 2.75) is 32.4 Å². The van der Waals surface area contributed by atoms with Crippen LogP contribution in [-0.2, 0) is 0 Å². The summed E-state index contributed by atoms with van der Waals surface area (Å²) in [6.45, 7) is 7.84. The summed E-state index contributed by atoms with van der Waals surface area (Å²) in [5.74, 6) is 0. The second-order valence-corrected chi connectivity index (χ2v) is 7.63. The molecule has 0 spiro atoms. The van der Waals surface area contributed by atoms with Gasteiger partial charge in [0.1, 0.15) is 4.32 Å². The lowest BCUT2D eigenvalue weighted by atomic mass is 10.00. The Hall–Kier alpha value is -1.40. The number of nitro benzene ring substituents is 1. The second kappa shape index (κ2) is 5.18. The van der Waals surface area contributed by atoms with Crippen LogP contribution >= 0.6 is 24.0 Å². The monoisotopic (exact) mass is 308 g/mol. The lowest BCUT2D eigenvalue weighted by molar-refractivity contribution is -0.385. The van der Waals surface area contributed by atoms with Crippen LogP contribution in [-0.4, -0.2) is 14.0 Å². The Labute approximate surface area is 127 Å². The summed E-state index contributed by atoms with van der Waals surface area (Å²) < 4.78 is 0.664. The standard InChI is InChI=1S/C14H16N2O2S2/c1-8-6-11(16(17)18)9(2)5-10(8)7-12-14(3,4)20-13(19)15-12/h5-7H,1-4H3,(H,15,19). The van der Waals surface area contributed by atoms with Gasteiger partial charge in [0.2, 0.25) is 0 Å². The molecule has 1 saturated heterocycles. The van der Waals surface area contributed by atoms with Crippen molar-refractivity contribution >= 4 is 40.1 Å². The fourth-order valence-electron chi connectivity index (χ4n) is 2.11. The van der Waals surface area contributed by atoms with Crippen molar-refractivity contribution in [3.63, 3.8) is 0 Å². The molecule has 1 aliphatic heterocycles. The number of nitrogens with one attached hydrogen (secondary N) is 1. The first-order valence-electron chi connectivity index (χ1n) is 6.18. The Morgan fingerprint density at radius 2 is 2.00 bits per heavy atom. The molecule has 1 N–H and O–H groups in total. The second-order valence-electron chi connectivity index (χ2n) is 5.34. The number of thiocarbonyl (C=S) groups is 1. The zero-order valence-corrected chi connectivity index (χ0v) is 13.4. The molecule has 2 rings (SSSR count). The maximum absolute atomic E-state index is 10.9. The number of nitro groups is 1. The maximum Gasteiger partial charge on any atom is 0.272 e. The molecule has 1 fully saturated rings. The SMILES string of the molecule is Cc1cc([N+](=O)[O-])c(C)cc1C=C1NC(=S)SC1(C)C. The van der Waals surface area contributed by atoms with Gasteiger partial charge in [-0.25, -0.2) is 0 Å². The number of aryl methyl sites for hydroxylation is 2. The summed E-state index contributed by atoms with van der Waals surface area (Å²) in [6.07, 6.45) is 2.03. The zero-order valence-electron chi connectivity index (χ0n) is 11.8. The van der Waals surface area contributed by atoms with Crippen molar-refractivity contribution < 1.29 is 4.92 Å². The van der Waals surface area contributed by atoms with Crippen molar-refractivity contribution in [3.8, 4) is 0 Å². The normalized spacial score (nSPS) is 19.2. The quantitative estimate of drug-likeness (QED) is 0.509. The van der Waals surface area contributed by atoms with Crippen LogP contribution in [0, 0.1) is 24.0 Å². The molecule has 0 aliphatic carbocycles. The average molecular weight is 308 g/mol. The Balaban J connectivity index is 2.47. The number of thioether (sulfide) groups is 1. The molecule has 106 valence electrons. The van der Waals surface area contributed by atoms with Crippen LogP contribution in [0.2, 0.25) is 0 Å². The Morgan fingerprint density at radius 3 is 2.50 bits per heavy atom. The van der Waals surface area contributed by atoms with Gasteiger partial charge < -0.3 is 5.32 Å². The van der Waals surface area contributed by atoms with Gasteiger partial charge in [-0.3, -0.25) is 10.1 Å². The highest BCUT2D eigenvalue weighted by atomic mass is 32.2. The van der Waals surface area contributed by atoms with Gasteiger partial charge in [-0.05, 0) is 51.0 Å². The van der Waals surface area contributed by atoms with E-state index in [1.54, 1.807) is 24.8 Å². The van der Waals surface area contributed by atoms with Crippen LogP contribution in [0.4, 0.5) is 5.69 Å². The first kappa shape index (κ1) is 15.0. The van der Waals surface area contributed by atoms with Crippen LogP contribution in [0.25, 0.3) is 6.08 Å². The van der Waals surface area contributed by atoms with E-state index in [0.717, 1.165) is 21.1 Å². The van der Waals surface area contributed by atoms with Gasteiger partial charge in [0.05, 0.1) is 9.67 Å². The summed E-state index contributed by atoms with van der Waals surface area (Å²) in [4.78, 5) is 10.6. The van der Waals surface area contributed by atoms with Gasteiger partial charge in [-0.1, -0.05) is 24.0 Å². The third-order valence-corrected chi connectivity index (χ3v) is 4.68. The van der Waals surface area contributed by atoms with Crippen molar-refractivity contribution in [3.05, 3.63) is 44.6 Å². The predicted octanol–water partition coefficient (Wildman–Crippen LogP) is 3.95. The first-order valence-corrected chi connectivity index (χ1v) is 7.41. The number of hydrogen-bond donors (Lipinski definition) is 1. The summed E-state index contributed by atoms with van der Waals surface area (Å²) >= 11 is 6.81. The van der Waals surface area contributed by atoms with E-state index in [9.17, 15) is 10.1 Å². The van der Waals surface area contributed by atoms with E-state index in [0.29, 0.717) is 5.56 Å². The Morgan fingerprint density at radius 1 is 1.35 bits per heavy atom. The third kappa shape index (κ3) is 2.86. The number of rotatable bonds is 2. The lowest BCUT2D eigenvalue weighted by Crippen LogP contribution is -2.19. The zero-order chi connectivity index (χ0) is 15.1. The van der Waals surface area contributed by atoms with Crippen LogP contribution in [0.5, 0.6) is 0 Å². The topological polar surface area (TPSA) is 55.2 Å². The lowest BCUT2D eigenvalue weighted by Gasteiger charge is -2.17. The van der Waals surface area contributed by atoms with E-state index in [4.69, 9.17) is 12.2 Å². The van der Waals surface area contributed by atoms with Crippen LogP contribution in [0.15, 0.2) is 17.8 Å². The van der Waals surface area contributed by atoms with Crippen molar-refractivity contribution in [2.24, 2.45) is 0 Å². The van der Waals surface area contributed by atoms with Crippen LogP contribution in [0.1, 0.15) is 30.5 Å². The molecule has 1 aromatic rings. The third-order valence-electron chi connectivity index (χ3n) is 3.31. The van der Waals surface area contributed by atoms with E-state index >= 15 is 0 Å². The molecule has 6 heteroatoms. The van der Waals surface area contributed by atoms with E-state index in [1.807, 2.05) is 19.1 Å². The van der Waals surface area contributed by atoms with Crippen molar-refractivity contribution in [1.29, 1.82) is 0 Å². The molecule has 0 unspecified atom stereocenters. The first-order chi connectivity index (χ1) is 9.20. The molecule has 0 radical (unpaired) electrons. The minimum Gasteiger partial charge on any atom is -0.343 e. The van der Waals surface area contributed by atoms with Gasteiger partial charge in [0.15, 0.2) is 0 Å². The largest absolute Gasteiger partial charge is 0.343 e. The molecule has 1 heterocycles. The minimum absolute atomic E-state index is 0.0980. The molecule has 0 aromatic heterocycles. The number of hydrogen-bond acceptors (Lipinski definition) is 4. The fourth-order valence-corrected chi connectivity index (χ4v) is 3.69. The molecule has 1 aromatic carbocycles. The van der Waals surface area contributed by atoms with Gasteiger partial charge in [0.25, 0.3) is 5.69 Å². The van der Waals surface area contributed by atoms with E-state index in [-0.39, 0.29) is 15.4 Å². The highest BCUT2D eigenvalue weighted by molar-refractivity contribution is 8.24. The summed E-state index contributed by atoms with van der Waals surface area (Å²) in [5.41, 5.74) is 3.72. The smallest absolute Gasteiger partial charge is 0.272 e. The van der Waals surface area contributed by atoms with Crippen molar-refractivity contribution in [2.75, 3.05) is 0 Å². The fraction of sp³-hybridized carbons (Fsp3) is 0.357. The molecule has 0 bridgehead atoms. The predicted molar refractivity (Wildman–Crippen MR) is 88.0 cm³/mol. The Bertz CT molecular complexity index is 636. The van der Waals surface area contributed by atoms with Crippen LogP contribution < -0.4 is 5.32 Å². The van der Waals surface area contributed by atoms with Crippen molar-refractivity contribution in [1.82, 2.24) is 5.32 Å². The number of benzene rings is 1. The molecule has 0 amide bonds. The summed E-state index contributed by atoms with van der Waals surface area (Å²) in [5, 5.41) is 14.1. The molecule has 4 nitrogen and oxygen atoms in total. The van der Waals surface area contributed by atoms with Gasteiger partial charge in [0, 0.05) is 17.3 Å². The van der Waals surface area contributed by atoms with E-state index in [2.05, 4.69) is 19.2 Å². The molecule has 0 saturated carbocycles. The molecular formula is C14H16N2O2S2. The van der Waals surface area contributed by atoms with Gasteiger partial charge >= 0.3 is 0 Å². The van der Waals surface area contributed by atoms with Gasteiger partial charge in [-0.2, -0.15) is 0 Å². The average Bonchev–Trinajstić information content (AvgIpc) is 2.56. The molecule has 1 aliphatic rings. The molecule has 0 atom stereocenters. The highest BCUT2D eigenvalue weighted by Gasteiger charge is 2.33. The molecular weight excluding hydrogens is 292 g/mol. The highest BCUT2D eigenvalue weighted by Crippen LogP contribution is 2.39. The number of nitrogens with zero attached hydrogens (tertiary/aromatic N) is 1. The minimum atomic E-state index is -0.345. The van der Waals surface area contributed by atoms with Gasteiger partial charge in [-0.15, -0.1) is 0 Å². The molecule has 20 heavy (non-hydrogen) atoms.